The Hall–Kier alpha value is -1.39. The first-order chi connectivity index (χ1) is 6.14. The molecule has 0 unspecified atom stereocenters. The minimum atomic E-state index is -0.751. The van der Waals surface area contributed by atoms with E-state index in [0.717, 1.165) is 18.5 Å². The number of aliphatic carboxylic acids is 1. The van der Waals surface area contributed by atoms with E-state index in [1.807, 2.05) is 0 Å². The molecule has 1 aromatic rings. The van der Waals surface area contributed by atoms with E-state index in [1.165, 1.54) is 0 Å². The van der Waals surface area contributed by atoms with E-state index < -0.39 is 5.97 Å². The van der Waals surface area contributed by atoms with Gasteiger partial charge in [0.15, 0.2) is 0 Å². The van der Waals surface area contributed by atoms with Crippen LogP contribution >= 0.6 is 0 Å². The maximum absolute atomic E-state index is 10.6. The fraction of sp³-hybridized carbons (Fsp3) is 0.625. The molecule has 1 fully saturated rings. The van der Waals surface area contributed by atoms with E-state index in [0.29, 0.717) is 0 Å². The molecule has 1 saturated carbocycles. The van der Waals surface area contributed by atoms with Crippen LogP contribution in [0.5, 0.6) is 0 Å². The summed E-state index contributed by atoms with van der Waals surface area (Å²) in [5.41, 5.74) is 0.763. The summed E-state index contributed by atoms with van der Waals surface area (Å²) in [4.78, 5) is 10.6. The molecular weight excluding hydrogens is 170 g/mol. The van der Waals surface area contributed by atoms with Gasteiger partial charge < -0.3 is 5.11 Å². The number of aryl methyl sites for hydroxylation is 1. The van der Waals surface area contributed by atoms with Crippen LogP contribution in [0.3, 0.4) is 0 Å². The van der Waals surface area contributed by atoms with Gasteiger partial charge in [-0.05, 0) is 12.8 Å². The highest BCUT2D eigenvalue weighted by molar-refractivity contribution is 5.69. The van der Waals surface area contributed by atoms with Gasteiger partial charge in [-0.3, -0.25) is 9.48 Å². The normalized spacial score (nSPS) is 18.5. The number of hydrogen-bond donors (Lipinski definition) is 1. The average Bonchev–Trinajstić information content (AvgIpc) is 2.65. The molecule has 1 heterocycles. The highest BCUT2D eigenvalue weighted by Gasteiger charge is 2.48. The number of rotatable bonds is 3. The first-order valence-corrected chi connectivity index (χ1v) is 4.21. The lowest BCUT2D eigenvalue weighted by molar-refractivity contribution is -0.137. The molecule has 0 radical (unpaired) electrons. The van der Waals surface area contributed by atoms with E-state index in [2.05, 4.69) is 10.3 Å². The molecule has 5 heteroatoms. The van der Waals surface area contributed by atoms with Crippen molar-refractivity contribution in [2.75, 3.05) is 0 Å². The van der Waals surface area contributed by atoms with E-state index in [4.69, 9.17) is 5.11 Å². The zero-order valence-electron chi connectivity index (χ0n) is 7.40. The predicted octanol–water partition coefficient (Wildman–Crippen LogP) is 0.321. The van der Waals surface area contributed by atoms with Crippen molar-refractivity contribution in [2.45, 2.75) is 24.7 Å². The Kier molecular flexibility index (Phi) is 1.61. The zero-order valence-corrected chi connectivity index (χ0v) is 7.40. The molecular formula is C8H11N3O2. The van der Waals surface area contributed by atoms with E-state index in [1.54, 1.807) is 17.9 Å². The van der Waals surface area contributed by atoms with Gasteiger partial charge in [0.05, 0.1) is 18.3 Å². The molecule has 2 rings (SSSR count). The van der Waals surface area contributed by atoms with Gasteiger partial charge in [0.1, 0.15) is 0 Å². The summed E-state index contributed by atoms with van der Waals surface area (Å²) in [6.07, 6.45) is 3.71. The second-order valence-electron chi connectivity index (χ2n) is 3.59. The minimum Gasteiger partial charge on any atom is -0.481 e. The topological polar surface area (TPSA) is 68.0 Å². The van der Waals surface area contributed by atoms with Crippen LogP contribution in [0, 0.1) is 0 Å². The molecule has 0 aliphatic heterocycles. The van der Waals surface area contributed by atoms with Crippen LogP contribution in [0.25, 0.3) is 0 Å². The van der Waals surface area contributed by atoms with Crippen LogP contribution in [0.1, 0.15) is 25.0 Å². The number of nitrogens with zero attached hydrogens (tertiary/aromatic N) is 3. The summed E-state index contributed by atoms with van der Waals surface area (Å²) < 4.78 is 1.66. The van der Waals surface area contributed by atoms with Gasteiger partial charge in [0, 0.05) is 12.5 Å². The van der Waals surface area contributed by atoms with Gasteiger partial charge in [-0.15, -0.1) is 5.10 Å². The lowest BCUT2D eigenvalue weighted by atomic mass is 9.99. The molecule has 0 bridgehead atoms. The number of carbonyl (C=O) groups is 1. The lowest BCUT2D eigenvalue weighted by Crippen LogP contribution is -2.16. The van der Waals surface area contributed by atoms with Crippen molar-refractivity contribution in [2.24, 2.45) is 7.05 Å². The van der Waals surface area contributed by atoms with Gasteiger partial charge >= 0.3 is 5.97 Å². The maximum atomic E-state index is 10.6. The van der Waals surface area contributed by atoms with Gasteiger partial charge in [-0.25, -0.2) is 0 Å². The maximum Gasteiger partial charge on any atom is 0.304 e. The Labute approximate surface area is 75.4 Å². The zero-order chi connectivity index (χ0) is 9.47. The minimum absolute atomic E-state index is 0.177. The molecule has 0 saturated heterocycles. The summed E-state index contributed by atoms with van der Waals surface area (Å²) in [5.74, 6) is -0.751. The molecule has 1 N–H and O–H groups in total. The fourth-order valence-corrected chi connectivity index (χ4v) is 1.73. The highest BCUT2D eigenvalue weighted by Crippen LogP contribution is 2.50. The number of aromatic nitrogens is 3. The molecule has 13 heavy (non-hydrogen) atoms. The molecule has 70 valence electrons. The standard InChI is InChI=1S/C8H11N3O2/c1-11-6(5-9-10-11)8(2-3-8)4-7(12)13/h5H,2-4H2,1H3,(H,12,13). The van der Waals surface area contributed by atoms with Crippen molar-refractivity contribution in [1.82, 2.24) is 15.0 Å². The van der Waals surface area contributed by atoms with Crippen molar-refractivity contribution in [3.05, 3.63) is 11.9 Å². The SMILES string of the molecule is Cn1nncc1C1(CC(=O)O)CC1. The Morgan fingerprint density at radius 3 is 2.85 bits per heavy atom. The van der Waals surface area contributed by atoms with Crippen LogP contribution in [0.4, 0.5) is 0 Å². The largest absolute Gasteiger partial charge is 0.481 e. The molecule has 0 spiro atoms. The Bertz CT molecular complexity index is 341. The van der Waals surface area contributed by atoms with Crippen LogP contribution < -0.4 is 0 Å². The summed E-state index contributed by atoms with van der Waals surface area (Å²) in [6, 6.07) is 0. The van der Waals surface area contributed by atoms with Gasteiger partial charge in [0.25, 0.3) is 0 Å². The third-order valence-corrected chi connectivity index (χ3v) is 2.60. The second kappa shape index (κ2) is 2.55. The summed E-state index contributed by atoms with van der Waals surface area (Å²) in [6.45, 7) is 0. The van der Waals surface area contributed by atoms with E-state index >= 15 is 0 Å². The van der Waals surface area contributed by atoms with Crippen molar-refractivity contribution in [3.63, 3.8) is 0 Å². The average molecular weight is 181 g/mol. The molecule has 0 atom stereocenters. The fourth-order valence-electron chi connectivity index (χ4n) is 1.73. The Morgan fingerprint density at radius 2 is 2.46 bits per heavy atom. The quantitative estimate of drug-likeness (QED) is 0.729. The Morgan fingerprint density at radius 1 is 1.77 bits per heavy atom. The molecule has 1 aliphatic carbocycles. The lowest BCUT2D eigenvalue weighted by Gasteiger charge is -2.10. The van der Waals surface area contributed by atoms with Gasteiger partial charge in [-0.1, -0.05) is 5.21 Å². The van der Waals surface area contributed by atoms with Crippen LogP contribution in [-0.4, -0.2) is 26.1 Å². The number of carboxylic acids is 1. The van der Waals surface area contributed by atoms with Crippen molar-refractivity contribution < 1.29 is 9.90 Å². The molecule has 0 amide bonds. The smallest absolute Gasteiger partial charge is 0.304 e. The summed E-state index contributed by atoms with van der Waals surface area (Å²) >= 11 is 0. The summed E-state index contributed by atoms with van der Waals surface area (Å²) in [5, 5.41) is 16.3. The van der Waals surface area contributed by atoms with Crippen LogP contribution in [-0.2, 0) is 17.3 Å². The molecule has 5 nitrogen and oxygen atoms in total. The van der Waals surface area contributed by atoms with Crippen molar-refractivity contribution in [3.8, 4) is 0 Å². The summed E-state index contributed by atoms with van der Waals surface area (Å²) in [7, 11) is 1.80. The van der Waals surface area contributed by atoms with Crippen LogP contribution in [0.2, 0.25) is 0 Å². The highest BCUT2D eigenvalue weighted by atomic mass is 16.4. The number of carboxylic acid groups (broad SMARTS) is 1. The van der Waals surface area contributed by atoms with E-state index in [9.17, 15) is 4.79 Å². The second-order valence-corrected chi connectivity index (χ2v) is 3.59. The Balaban J connectivity index is 2.25. The van der Waals surface area contributed by atoms with Crippen molar-refractivity contribution in [1.29, 1.82) is 0 Å². The van der Waals surface area contributed by atoms with Crippen molar-refractivity contribution >= 4 is 5.97 Å². The van der Waals surface area contributed by atoms with Gasteiger partial charge in [0.2, 0.25) is 0 Å². The predicted molar refractivity (Wildman–Crippen MR) is 44.2 cm³/mol. The van der Waals surface area contributed by atoms with Gasteiger partial charge in [-0.2, -0.15) is 0 Å². The third kappa shape index (κ3) is 1.30. The first-order valence-electron chi connectivity index (χ1n) is 4.21. The third-order valence-electron chi connectivity index (χ3n) is 2.60. The first kappa shape index (κ1) is 8.22. The van der Waals surface area contributed by atoms with E-state index in [-0.39, 0.29) is 11.8 Å². The number of hydrogen-bond acceptors (Lipinski definition) is 3. The molecule has 1 aliphatic rings. The van der Waals surface area contributed by atoms with Crippen LogP contribution in [0.15, 0.2) is 6.20 Å². The monoisotopic (exact) mass is 181 g/mol. The molecule has 0 aromatic carbocycles. The molecule has 1 aromatic heterocycles.